The predicted molar refractivity (Wildman–Crippen MR) is 126 cm³/mol. The molecule has 1 atom stereocenters. The Kier molecular flexibility index (Phi) is 7.62. The van der Waals surface area contributed by atoms with Crippen LogP contribution in [0.25, 0.3) is 0 Å². The van der Waals surface area contributed by atoms with Crippen molar-refractivity contribution in [3.63, 3.8) is 0 Å². The number of rotatable bonds is 8. The van der Waals surface area contributed by atoms with Gasteiger partial charge in [-0.25, -0.2) is 9.78 Å². The van der Waals surface area contributed by atoms with Gasteiger partial charge >= 0.3 is 5.97 Å². The van der Waals surface area contributed by atoms with Crippen molar-refractivity contribution in [3.05, 3.63) is 75.2 Å². The standard InChI is InChI=1S/C23H25BrClN3O3/c1-5-31-22(29)20-21(28(14(2)3)23(24)27-20)19(15-9-11-16(25)12-10-15)26-17-7-6-8-18(13-17)30-4/h6-14,19,26H,5H2,1-4H3. The molecular weight excluding hydrogens is 482 g/mol. The number of hydrogen-bond donors (Lipinski definition) is 1. The molecule has 1 heterocycles. The zero-order chi connectivity index (χ0) is 22.5. The third kappa shape index (κ3) is 5.22. The van der Waals surface area contributed by atoms with Crippen molar-refractivity contribution in [2.45, 2.75) is 32.9 Å². The normalized spacial score (nSPS) is 12.0. The summed E-state index contributed by atoms with van der Waals surface area (Å²) in [4.78, 5) is 17.3. The van der Waals surface area contributed by atoms with E-state index in [0.717, 1.165) is 17.0 Å². The molecule has 164 valence electrons. The van der Waals surface area contributed by atoms with Gasteiger partial charge in [-0.1, -0.05) is 29.8 Å². The molecule has 3 aromatic rings. The summed E-state index contributed by atoms with van der Waals surface area (Å²) in [6, 6.07) is 14.8. The molecule has 0 aliphatic rings. The number of benzene rings is 2. The lowest BCUT2D eigenvalue weighted by molar-refractivity contribution is 0.0518. The SMILES string of the molecule is CCOC(=O)c1nc(Br)n(C(C)C)c1C(Nc1cccc(OC)c1)c1ccc(Cl)cc1. The second-order valence-corrected chi connectivity index (χ2v) is 8.31. The highest BCUT2D eigenvalue weighted by atomic mass is 79.9. The molecule has 0 aliphatic heterocycles. The van der Waals surface area contributed by atoms with Crippen LogP contribution in [0, 0.1) is 0 Å². The molecule has 0 saturated carbocycles. The summed E-state index contributed by atoms with van der Waals surface area (Å²) < 4.78 is 13.2. The van der Waals surface area contributed by atoms with Crippen molar-refractivity contribution in [2.24, 2.45) is 0 Å². The van der Waals surface area contributed by atoms with Crippen LogP contribution < -0.4 is 10.1 Å². The molecule has 0 saturated heterocycles. The fraction of sp³-hybridized carbons (Fsp3) is 0.304. The predicted octanol–water partition coefficient (Wildman–Crippen LogP) is 6.27. The fourth-order valence-corrected chi connectivity index (χ4v) is 4.28. The highest BCUT2D eigenvalue weighted by Gasteiger charge is 2.31. The van der Waals surface area contributed by atoms with E-state index in [0.29, 0.717) is 15.5 Å². The number of nitrogens with one attached hydrogen (secondary N) is 1. The molecule has 1 unspecified atom stereocenters. The van der Waals surface area contributed by atoms with Crippen LogP contribution in [-0.2, 0) is 4.74 Å². The van der Waals surface area contributed by atoms with Gasteiger partial charge in [0.1, 0.15) is 5.75 Å². The highest BCUT2D eigenvalue weighted by molar-refractivity contribution is 9.10. The number of nitrogens with zero attached hydrogens (tertiary/aromatic N) is 2. The Bertz CT molecular complexity index is 1050. The third-order valence-corrected chi connectivity index (χ3v) is 5.56. The number of anilines is 1. The maximum absolute atomic E-state index is 12.8. The van der Waals surface area contributed by atoms with Gasteiger partial charge in [0.15, 0.2) is 10.4 Å². The van der Waals surface area contributed by atoms with Gasteiger partial charge in [0.05, 0.1) is 25.5 Å². The largest absolute Gasteiger partial charge is 0.497 e. The minimum absolute atomic E-state index is 0.0435. The van der Waals surface area contributed by atoms with Gasteiger partial charge in [0.25, 0.3) is 0 Å². The number of imidazole rings is 1. The van der Waals surface area contributed by atoms with Crippen LogP contribution in [0.5, 0.6) is 5.75 Å². The van der Waals surface area contributed by atoms with E-state index in [-0.39, 0.29) is 18.3 Å². The number of aromatic nitrogens is 2. The Hall–Kier alpha value is -2.51. The van der Waals surface area contributed by atoms with Gasteiger partial charge in [-0.2, -0.15) is 0 Å². The van der Waals surface area contributed by atoms with E-state index in [1.165, 1.54) is 0 Å². The van der Waals surface area contributed by atoms with Crippen molar-refractivity contribution in [2.75, 3.05) is 19.0 Å². The summed E-state index contributed by atoms with van der Waals surface area (Å²) >= 11 is 9.66. The van der Waals surface area contributed by atoms with Gasteiger partial charge in [-0.05, 0) is 66.5 Å². The first-order chi connectivity index (χ1) is 14.8. The number of ether oxygens (including phenoxy) is 2. The second-order valence-electron chi connectivity index (χ2n) is 7.16. The van der Waals surface area contributed by atoms with Crippen molar-refractivity contribution < 1.29 is 14.3 Å². The Morgan fingerprint density at radius 3 is 2.55 bits per heavy atom. The molecule has 6 nitrogen and oxygen atoms in total. The van der Waals surface area contributed by atoms with Gasteiger partial charge in [-0.3, -0.25) is 0 Å². The zero-order valence-electron chi connectivity index (χ0n) is 17.9. The van der Waals surface area contributed by atoms with Crippen LogP contribution in [0.2, 0.25) is 5.02 Å². The van der Waals surface area contributed by atoms with Crippen LogP contribution in [0.3, 0.4) is 0 Å². The maximum atomic E-state index is 12.8. The lowest BCUT2D eigenvalue weighted by Crippen LogP contribution is -2.21. The van der Waals surface area contributed by atoms with Gasteiger partial charge in [0.2, 0.25) is 0 Å². The number of carbonyl (C=O) groups excluding carboxylic acids is 1. The topological polar surface area (TPSA) is 65.4 Å². The summed E-state index contributed by atoms with van der Waals surface area (Å²) in [7, 11) is 1.62. The van der Waals surface area contributed by atoms with Crippen LogP contribution in [-0.4, -0.2) is 29.2 Å². The number of esters is 1. The summed E-state index contributed by atoms with van der Waals surface area (Å²) in [6.45, 7) is 6.11. The first kappa shape index (κ1) is 23.2. The molecule has 1 N–H and O–H groups in total. The minimum atomic E-state index is -0.469. The molecule has 0 aliphatic carbocycles. The molecule has 31 heavy (non-hydrogen) atoms. The van der Waals surface area contributed by atoms with Gasteiger partial charge in [-0.15, -0.1) is 0 Å². The van der Waals surface area contributed by atoms with Crippen LogP contribution >= 0.6 is 27.5 Å². The average molecular weight is 507 g/mol. The molecule has 0 amide bonds. The molecule has 1 aromatic heterocycles. The summed E-state index contributed by atoms with van der Waals surface area (Å²) in [5.41, 5.74) is 2.72. The van der Waals surface area contributed by atoms with Crippen molar-refractivity contribution >= 4 is 39.2 Å². The summed E-state index contributed by atoms with van der Waals surface area (Å²) in [5.74, 6) is 0.257. The Morgan fingerprint density at radius 2 is 1.94 bits per heavy atom. The lowest BCUT2D eigenvalue weighted by atomic mass is 10.0. The molecule has 3 rings (SSSR count). The molecular formula is C23H25BrClN3O3. The number of halogens is 2. The highest BCUT2D eigenvalue weighted by Crippen LogP contribution is 2.35. The smallest absolute Gasteiger partial charge is 0.358 e. The second kappa shape index (κ2) is 10.2. The van der Waals surface area contributed by atoms with E-state index in [1.54, 1.807) is 14.0 Å². The summed E-state index contributed by atoms with van der Waals surface area (Å²) in [5, 5.41) is 4.17. The van der Waals surface area contributed by atoms with Crippen molar-refractivity contribution in [1.82, 2.24) is 9.55 Å². The molecule has 0 fully saturated rings. The van der Waals surface area contributed by atoms with Crippen LogP contribution in [0.15, 0.2) is 53.3 Å². The van der Waals surface area contributed by atoms with Crippen molar-refractivity contribution in [1.29, 1.82) is 0 Å². The number of methoxy groups -OCH3 is 1. The monoisotopic (exact) mass is 505 g/mol. The van der Waals surface area contributed by atoms with Crippen LogP contribution in [0.1, 0.15) is 54.6 Å². The van der Waals surface area contributed by atoms with Crippen molar-refractivity contribution in [3.8, 4) is 5.75 Å². The van der Waals surface area contributed by atoms with E-state index in [1.807, 2.05) is 66.9 Å². The Labute approximate surface area is 195 Å². The quantitative estimate of drug-likeness (QED) is 0.365. The van der Waals surface area contributed by atoms with E-state index in [2.05, 4.69) is 26.2 Å². The van der Waals surface area contributed by atoms with E-state index < -0.39 is 12.0 Å². The number of carbonyl (C=O) groups is 1. The molecule has 8 heteroatoms. The van der Waals surface area contributed by atoms with Gasteiger partial charge in [0, 0.05) is 22.8 Å². The number of hydrogen-bond acceptors (Lipinski definition) is 5. The lowest BCUT2D eigenvalue weighted by Gasteiger charge is -2.25. The van der Waals surface area contributed by atoms with E-state index in [9.17, 15) is 4.79 Å². The Balaban J connectivity index is 2.21. The first-order valence-electron chi connectivity index (χ1n) is 9.96. The third-order valence-electron chi connectivity index (χ3n) is 4.75. The molecule has 0 bridgehead atoms. The zero-order valence-corrected chi connectivity index (χ0v) is 20.2. The minimum Gasteiger partial charge on any atom is -0.497 e. The molecule has 0 radical (unpaired) electrons. The van der Waals surface area contributed by atoms with E-state index in [4.69, 9.17) is 21.1 Å². The van der Waals surface area contributed by atoms with Gasteiger partial charge < -0.3 is 19.4 Å². The fourth-order valence-electron chi connectivity index (χ4n) is 3.38. The average Bonchev–Trinajstić information content (AvgIpc) is 3.10. The van der Waals surface area contributed by atoms with E-state index >= 15 is 0 Å². The molecule has 0 spiro atoms. The maximum Gasteiger partial charge on any atom is 0.358 e. The first-order valence-corrected chi connectivity index (χ1v) is 11.1. The summed E-state index contributed by atoms with van der Waals surface area (Å²) in [6.07, 6.45) is 0. The molecule has 2 aromatic carbocycles. The Morgan fingerprint density at radius 1 is 1.23 bits per heavy atom. The van der Waals surface area contributed by atoms with Crippen LogP contribution in [0.4, 0.5) is 5.69 Å².